The Hall–Kier alpha value is -1.02. The van der Waals surface area contributed by atoms with Gasteiger partial charge in [0, 0.05) is 18.7 Å². The fraction of sp³-hybridized carbons (Fsp3) is 0.538. The van der Waals surface area contributed by atoms with Gasteiger partial charge in [0.2, 0.25) is 16.8 Å². The molecule has 1 atom stereocenters. The lowest BCUT2D eigenvalue weighted by Gasteiger charge is -2.18. The number of ether oxygens (including phenoxy) is 2. The average Bonchev–Trinajstić information content (AvgIpc) is 2.84. The van der Waals surface area contributed by atoms with Crippen LogP contribution in [0.5, 0.6) is 11.5 Å². The van der Waals surface area contributed by atoms with Crippen molar-refractivity contribution in [3.05, 3.63) is 18.2 Å². The molecule has 0 aromatic heterocycles. The van der Waals surface area contributed by atoms with Crippen molar-refractivity contribution < 1.29 is 17.9 Å². The molecule has 1 aromatic rings. The molecular formula is C13H21ClN2O4S. The van der Waals surface area contributed by atoms with E-state index in [0.717, 1.165) is 0 Å². The Morgan fingerprint density at radius 1 is 1.29 bits per heavy atom. The van der Waals surface area contributed by atoms with Crippen molar-refractivity contribution in [2.24, 2.45) is 11.7 Å². The molecule has 0 fully saturated rings. The van der Waals surface area contributed by atoms with Crippen molar-refractivity contribution in [3.63, 3.8) is 0 Å². The second kappa shape index (κ2) is 7.31. The van der Waals surface area contributed by atoms with E-state index in [2.05, 4.69) is 4.72 Å². The highest BCUT2D eigenvalue weighted by Gasteiger charge is 2.23. The van der Waals surface area contributed by atoms with Gasteiger partial charge in [-0.15, -0.1) is 12.4 Å². The summed E-state index contributed by atoms with van der Waals surface area (Å²) in [6, 6.07) is 4.29. The van der Waals surface area contributed by atoms with E-state index in [9.17, 15) is 8.42 Å². The number of hydrogen-bond donors (Lipinski definition) is 2. The highest BCUT2D eigenvalue weighted by molar-refractivity contribution is 7.89. The second-order valence-electron chi connectivity index (χ2n) is 5.20. The lowest BCUT2D eigenvalue weighted by Crippen LogP contribution is -2.40. The summed E-state index contributed by atoms with van der Waals surface area (Å²) in [5.41, 5.74) is 5.62. The molecule has 0 saturated carbocycles. The summed E-state index contributed by atoms with van der Waals surface area (Å²) in [5, 5.41) is 0. The van der Waals surface area contributed by atoms with Crippen molar-refractivity contribution in [2.75, 3.05) is 13.3 Å². The lowest BCUT2D eigenvalue weighted by molar-refractivity contribution is 0.174. The Balaban J connectivity index is 0.00000220. The molecule has 0 amide bonds. The SMILES string of the molecule is CC(C)CC(CN)NS(=O)(=O)c1ccc2c(c1)OCO2.Cl. The van der Waals surface area contributed by atoms with Crippen LogP contribution in [-0.2, 0) is 10.0 Å². The lowest BCUT2D eigenvalue weighted by atomic mass is 10.1. The van der Waals surface area contributed by atoms with Crippen LogP contribution < -0.4 is 19.9 Å². The highest BCUT2D eigenvalue weighted by atomic mass is 35.5. The largest absolute Gasteiger partial charge is 0.454 e. The molecule has 0 radical (unpaired) electrons. The van der Waals surface area contributed by atoms with Crippen molar-refractivity contribution >= 4 is 22.4 Å². The Bertz CT molecular complexity index is 578. The average molecular weight is 337 g/mol. The first-order chi connectivity index (χ1) is 9.42. The third kappa shape index (κ3) is 4.47. The Morgan fingerprint density at radius 2 is 1.95 bits per heavy atom. The zero-order valence-corrected chi connectivity index (χ0v) is 13.7. The predicted molar refractivity (Wildman–Crippen MR) is 82.4 cm³/mol. The van der Waals surface area contributed by atoms with Crippen LogP contribution in [0.25, 0.3) is 0 Å². The van der Waals surface area contributed by atoms with Crippen molar-refractivity contribution in [1.29, 1.82) is 0 Å². The van der Waals surface area contributed by atoms with Crippen molar-refractivity contribution in [2.45, 2.75) is 31.2 Å². The molecule has 0 spiro atoms. The van der Waals surface area contributed by atoms with Gasteiger partial charge in [0.15, 0.2) is 11.5 Å². The first kappa shape index (κ1) is 18.0. The molecule has 0 saturated heterocycles. The fourth-order valence-corrected chi connectivity index (χ4v) is 3.37. The summed E-state index contributed by atoms with van der Waals surface area (Å²) in [6.45, 7) is 4.43. The van der Waals surface area contributed by atoms with Crippen LogP contribution in [0, 0.1) is 5.92 Å². The molecule has 120 valence electrons. The van der Waals surface area contributed by atoms with Gasteiger partial charge >= 0.3 is 0 Å². The molecule has 1 heterocycles. The fourth-order valence-electron chi connectivity index (χ4n) is 2.09. The zero-order valence-electron chi connectivity index (χ0n) is 12.0. The van der Waals surface area contributed by atoms with Gasteiger partial charge in [0.05, 0.1) is 4.90 Å². The number of sulfonamides is 1. The van der Waals surface area contributed by atoms with E-state index < -0.39 is 10.0 Å². The number of rotatable bonds is 6. The molecule has 21 heavy (non-hydrogen) atoms. The summed E-state index contributed by atoms with van der Waals surface area (Å²) < 4.78 is 37.6. The quantitative estimate of drug-likeness (QED) is 0.821. The number of nitrogens with one attached hydrogen (secondary N) is 1. The van der Waals surface area contributed by atoms with E-state index in [4.69, 9.17) is 15.2 Å². The summed E-state index contributed by atoms with van der Waals surface area (Å²) in [7, 11) is -3.60. The normalized spacial score (nSPS) is 14.9. The van der Waals surface area contributed by atoms with Crippen LogP contribution in [0.2, 0.25) is 0 Å². The molecule has 6 nitrogen and oxygen atoms in total. The van der Waals surface area contributed by atoms with Crippen molar-refractivity contribution in [3.8, 4) is 11.5 Å². The molecule has 2 rings (SSSR count). The second-order valence-corrected chi connectivity index (χ2v) is 6.91. The van der Waals surface area contributed by atoms with E-state index in [0.29, 0.717) is 23.8 Å². The molecule has 1 unspecified atom stereocenters. The van der Waals surface area contributed by atoms with Gasteiger partial charge < -0.3 is 15.2 Å². The third-order valence-electron chi connectivity index (χ3n) is 3.02. The van der Waals surface area contributed by atoms with Crippen LogP contribution in [-0.4, -0.2) is 27.8 Å². The van der Waals surface area contributed by atoms with Gasteiger partial charge in [-0.1, -0.05) is 13.8 Å². The number of benzene rings is 1. The Kier molecular flexibility index (Phi) is 6.27. The zero-order chi connectivity index (χ0) is 14.8. The number of fused-ring (bicyclic) bond motifs is 1. The van der Waals surface area contributed by atoms with E-state index >= 15 is 0 Å². The first-order valence-electron chi connectivity index (χ1n) is 6.54. The molecule has 1 aromatic carbocycles. The van der Waals surface area contributed by atoms with Crippen LogP contribution >= 0.6 is 12.4 Å². The van der Waals surface area contributed by atoms with Crippen LogP contribution in [0.4, 0.5) is 0 Å². The van der Waals surface area contributed by atoms with Gasteiger partial charge in [-0.25, -0.2) is 13.1 Å². The minimum absolute atomic E-state index is 0. The summed E-state index contributed by atoms with van der Waals surface area (Å²) in [5.74, 6) is 1.37. The summed E-state index contributed by atoms with van der Waals surface area (Å²) in [4.78, 5) is 0.156. The molecule has 1 aliphatic rings. The van der Waals surface area contributed by atoms with Crippen LogP contribution in [0.3, 0.4) is 0 Å². The first-order valence-corrected chi connectivity index (χ1v) is 8.02. The molecule has 0 bridgehead atoms. The van der Waals surface area contributed by atoms with Gasteiger partial charge in [-0.05, 0) is 24.5 Å². The van der Waals surface area contributed by atoms with E-state index in [-0.39, 0.29) is 36.7 Å². The van der Waals surface area contributed by atoms with Gasteiger partial charge in [0.25, 0.3) is 0 Å². The van der Waals surface area contributed by atoms with Crippen molar-refractivity contribution in [1.82, 2.24) is 4.72 Å². The van der Waals surface area contributed by atoms with E-state index in [1.807, 2.05) is 13.8 Å². The molecule has 0 aliphatic carbocycles. The van der Waals surface area contributed by atoms with Gasteiger partial charge in [-0.3, -0.25) is 0 Å². The van der Waals surface area contributed by atoms with Crippen LogP contribution in [0.15, 0.2) is 23.1 Å². The molecule has 8 heteroatoms. The topological polar surface area (TPSA) is 90.7 Å². The molecular weight excluding hydrogens is 316 g/mol. The van der Waals surface area contributed by atoms with E-state index in [1.54, 1.807) is 6.07 Å². The summed E-state index contributed by atoms with van der Waals surface area (Å²) in [6.07, 6.45) is 0.695. The van der Waals surface area contributed by atoms with Crippen LogP contribution in [0.1, 0.15) is 20.3 Å². The summed E-state index contributed by atoms with van der Waals surface area (Å²) >= 11 is 0. The molecule has 1 aliphatic heterocycles. The van der Waals surface area contributed by atoms with Gasteiger partial charge in [0.1, 0.15) is 0 Å². The minimum atomic E-state index is -3.60. The highest BCUT2D eigenvalue weighted by Crippen LogP contribution is 2.33. The maximum absolute atomic E-state index is 12.3. The number of hydrogen-bond acceptors (Lipinski definition) is 5. The monoisotopic (exact) mass is 336 g/mol. The molecule has 3 N–H and O–H groups in total. The van der Waals surface area contributed by atoms with Gasteiger partial charge in [-0.2, -0.15) is 0 Å². The Labute approximate surface area is 131 Å². The maximum atomic E-state index is 12.3. The predicted octanol–water partition coefficient (Wildman–Crippen LogP) is 1.49. The Morgan fingerprint density at radius 3 is 2.57 bits per heavy atom. The maximum Gasteiger partial charge on any atom is 0.241 e. The minimum Gasteiger partial charge on any atom is -0.454 e. The third-order valence-corrected chi connectivity index (χ3v) is 4.53. The number of halogens is 1. The number of nitrogens with two attached hydrogens (primary N) is 1. The van der Waals surface area contributed by atoms with E-state index in [1.165, 1.54) is 12.1 Å². The smallest absolute Gasteiger partial charge is 0.241 e. The standard InChI is InChI=1S/C13H20N2O4S.ClH/c1-9(2)5-10(7-14)15-20(16,17)11-3-4-12-13(6-11)19-8-18-12;/h3-4,6,9-10,15H,5,7-8,14H2,1-2H3;1H.